The molecule has 2 aromatic heterocycles. The minimum Gasteiger partial charge on any atom is -0.331 e. The molecule has 1 aliphatic rings. The lowest BCUT2D eigenvalue weighted by Gasteiger charge is -2.33. The highest BCUT2D eigenvalue weighted by atomic mass is 16.2. The van der Waals surface area contributed by atoms with Crippen LogP contribution in [0.5, 0.6) is 0 Å². The number of hydrogen-bond donors (Lipinski definition) is 1. The SMILES string of the molecule is CCN1CCN(CC(=O)Nc2cc3cc(-c4cnc(C)n4C)ccc3cn2)CC1. The molecule has 0 spiro atoms. The molecule has 29 heavy (non-hydrogen) atoms. The van der Waals surface area contributed by atoms with Crippen molar-refractivity contribution >= 4 is 22.5 Å². The summed E-state index contributed by atoms with van der Waals surface area (Å²) in [6.45, 7) is 9.55. The lowest BCUT2D eigenvalue weighted by molar-refractivity contribution is -0.117. The molecule has 7 heteroatoms. The summed E-state index contributed by atoms with van der Waals surface area (Å²) >= 11 is 0. The Bertz CT molecular complexity index is 1020. The number of nitrogens with one attached hydrogen (secondary N) is 1. The van der Waals surface area contributed by atoms with Crippen LogP contribution in [0.3, 0.4) is 0 Å². The van der Waals surface area contributed by atoms with Gasteiger partial charge in [-0.15, -0.1) is 0 Å². The Morgan fingerprint density at radius 3 is 2.48 bits per heavy atom. The first kappa shape index (κ1) is 19.5. The second-order valence-electron chi connectivity index (χ2n) is 7.64. The molecular formula is C22H28N6O. The predicted molar refractivity (Wildman–Crippen MR) is 116 cm³/mol. The fraction of sp³-hybridized carbons (Fsp3) is 0.409. The average Bonchev–Trinajstić information content (AvgIpc) is 3.06. The Morgan fingerprint density at radius 1 is 1.03 bits per heavy atom. The van der Waals surface area contributed by atoms with Crippen molar-refractivity contribution in [2.75, 3.05) is 44.6 Å². The predicted octanol–water partition coefficient (Wildman–Crippen LogP) is 2.52. The number of fused-ring (bicyclic) bond motifs is 1. The maximum atomic E-state index is 12.5. The summed E-state index contributed by atoms with van der Waals surface area (Å²) in [6, 6.07) is 8.19. The van der Waals surface area contributed by atoms with Crippen LogP contribution in [-0.2, 0) is 11.8 Å². The average molecular weight is 393 g/mol. The Balaban J connectivity index is 1.46. The number of anilines is 1. The highest BCUT2D eigenvalue weighted by Crippen LogP contribution is 2.25. The van der Waals surface area contributed by atoms with Crippen molar-refractivity contribution in [2.45, 2.75) is 13.8 Å². The van der Waals surface area contributed by atoms with E-state index in [1.807, 2.05) is 32.4 Å². The van der Waals surface area contributed by atoms with Gasteiger partial charge in [0.05, 0.1) is 18.4 Å². The van der Waals surface area contributed by atoms with Gasteiger partial charge in [-0.1, -0.05) is 19.1 Å². The fourth-order valence-electron chi connectivity index (χ4n) is 3.79. The summed E-state index contributed by atoms with van der Waals surface area (Å²) < 4.78 is 2.07. The molecule has 3 aromatic rings. The van der Waals surface area contributed by atoms with Crippen molar-refractivity contribution in [3.63, 3.8) is 0 Å². The molecule has 1 amide bonds. The summed E-state index contributed by atoms with van der Waals surface area (Å²) in [5.41, 5.74) is 2.16. The standard InChI is InChI=1S/C22H28N6O/c1-4-27-7-9-28(10-8-27)15-22(29)25-21-12-19-11-17(5-6-18(19)13-24-21)20-14-23-16(2)26(20)3/h5-6,11-14H,4,7-10,15H2,1-3H3,(H,24,25,29). The third kappa shape index (κ3) is 4.31. The lowest BCUT2D eigenvalue weighted by atomic mass is 10.1. The number of carbonyl (C=O) groups excluding carboxylic acids is 1. The molecule has 0 bridgehead atoms. The van der Waals surface area contributed by atoms with E-state index in [0.717, 1.165) is 60.6 Å². The first-order valence-electron chi connectivity index (χ1n) is 10.2. The molecule has 1 fully saturated rings. The maximum absolute atomic E-state index is 12.5. The molecule has 152 valence electrons. The maximum Gasteiger partial charge on any atom is 0.239 e. The van der Waals surface area contributed by atoms with E-state index in [4.69, 9.17) is 0 Å². The zero-order valence-electron chi connectivity index (χ0n) is 17.4. The molecule has 1 aromatic carbocycles. The highest BCUT2D eigenvalue weighted by molar-refractivity contribution is 5.94. The normalized spacial score (nSPS) is 15.7. The summed E-state index contributed by atoms with van der Waals surface area (Å²) in [4.78, 5) is 25.9. The van der Waals surface area contributed by atoms with E-state index in [2.05, 4.69) is 54.8 Å². The van der Waals surface area contributed by atoms with Crippen LogP contribution < -0.4 is 5.32 Å². The van der Waals surface area contributed by atoms with Crippen LogP contribution in [0, 0.1) is 6.92 Å². The summed E-state index contributed by atoms with van der Waals surface area (Å²) in [5, 5.41) is 5.05. The van der Waals surface area contributed by atoms with Gasteiger partial charge in [-0.25, -0.2) is 9.97 Å². The van der Waals surface area contributed by atoms with Gasteiger partial charge in [-0.2, -0.15) is 0 Å². The minimum atomic E-state index is -0.0137. The van der Waals surface area contributed by atoms with E-state index >= 15 is 0 Å². The van der Waals surface area contributed by atoms with Gasteiger partial charge in [0, 0.05) is 50.4 Å². The number of rotatable bonds is 5. The van der Waals surface area contributed by atoms with Gasteiger partial charge in [0.2, 0.25) is 5.91 Å². The molecule has 3 heterocycles. The molecule has 0 radical (unpaired) electrons. The van der Waals surface area contributed by atoms with Crippen LogP contribution >= 0.6 is 0 Å². The number of carbonyl (C=O) groups is 1. The van der Waals surface area contributed by atoms with Crippen molar-refractivity contribution in [2.24, 2.45) is 7.05 Å². The molecule has 0 aliphatic carbocycles. The third-order valence-electron chi connectivity index (χ3n) is 5.78. The van der Waals surface area contributed by atoms with Crippen LogP contribution in [0.1, 0.15) is 12.7 Å². The number of piperazine rings is 1. The largest absolute Gasteiger partial charge is 0.331 e. The number of imidazole rings is 1. The topological polar surface area (TPSA) is 66.3 Å². The van der Waals surface area contributed by atoms with E-state index in [1.165, 1.54) is 0 Å². The summed E-state index contributed by atoms with van der Waals surface area (Å²) in [5.74, 6) is 1.55. The Morgan fingerprint density at radius 2 is 1.79 bits per heavy atom. The van der Waals surface area contributed by atoms with Gasteiger partial charge < -0.3 is 14.8 Å². The first-order valence-corrected chi connectivity index (χ1v) is 10.2. The molecule has 1 saturated heterocycles. The van der Waals surface area contributed by atoms with E-state index in [1.54, 1.807) is 0 Å². The number of likely N-dealkylation sites (N-methyl/N-ethyl adjacent to an activating group) is 1. The van der Waals surface area contributed by atoms with E-state index in [-0.39, 0.29) is 5.91 Å². The third-order valence-corrected chi connectivity index (χ3v) is 5.78. The van der Waals surface area contributed by atoms with Crippen LogP contribution in [-0.4, -0.2) is 69.5 Å². The van der Waals surface area contributed by atoms with Gasteiger partial charge in [0.15, 0.2) is 0 Å². The Labute approximate surface area is 171 Å². The summed E-state index contributed by atoms with van der Waals surface area (Å²) in [6.07, 6.45) is 3.70. The second-order valence-corrected chi connectivity index (χ2v) is 7.64. The van der Waals surface area contributed by atoms with E-state index < -0.39 is 0 Å². The van der Waals surface area contributed by atoms with Crippen molar-refractivity contribution in [3.8, 4) is 11.3 Å². The number of benzene rings is 1. The molecule has 1 N–H and O–H groups in total. The van der Waals surface area contributed by atoms with Crippen molar-refractivity contribution < 1.29 is 4.79 Å². The zero-order valence-corrected chi connectivity index (χ0v) is 17.4. The van der Waals surface area contributed by atoms with Gasteiger partial charge in [0.1, 0.15) is 11.6 Å². The van der Waals surface area contributed by atoms with Crippen molar-refractivity contribution in [1.29, 1.82) is 0 Å². The first-order chi connectivity index (χ1) is 14.0. The number of amides is 1. The molecule has 0 atom stereocenters. The monoisotopic (exact) mass is 392 g/mol. The highest BCUT2D eigenvalue weighted by Gasteiger charge is 2.18. The van der Waals surface area contributed by atoms with Crippen molar-refractivity contribution in [3.05, 3.63) is 42.5 Å². The van der Waals surface area contributed by atoms with Crippen LogP contribution in [0.4, 0.5) is 5.82 Å². The molecule has 1 aliphatic heterocycles. The number of nitrogens with zero attached hydrogens (tertiary/aromatic N) is 5. The van der Waals surface area contributed by atoms with Gasteiger partial charge >= 0.3 is 0 Å². The number of aryl methyl sites for hydroxylation is 1. The molecule has 0 saturated carbocycles. The number of aromatic nitrogens is 3. The zero-order chi connectivity index (χ0) is 20.4. The smallest absolute Gasteiger partial charge is 0.239 e. The number of pyridine rings is 1. The Hall–Kier alpha value is -2.77. The summed E-state index contributed by atoms with van der Waals surface area (Å²) in [7, 11) is 2.01. The van der Waals surface area contributed by atoms with Crippen LogP contribution in [0.15, 0.2) is 36.7 Å². The quantitative estimate of drug-likeness (QED) is 0.723. The van der Waals surface area contributed by atoms with Crippen LogP contribution in [0.25, 0.3) is 22.0 Å². The lowest BCUT2D eigenvalue weighted by Crippen LogP contribution is -2.48. The van der Waals surface area contributed by atoms with Crippen molar-refractivity contribution in [1.82, 2.24) is 24.3 Å². The second kappa shape index (κ2) is 8.31. The molecule has 7 nitrogen and oxygen atoms in total. The Kier molecular flexibility index (Phi) is 5.60. The molecule has 4 rings (SSSR count). The minimum absolute atomic E-state index is 0.0137. The fourth-order valence-corrected chi connectivity index (χ4v) is 3.79. The van der Waals surface area contributed by atoms with Gasteiger partial charge in [0.25, 0.3) is 0 Å². The van der Waals surface area contributed by atoms with E-state index in [0.29, 0.717) is 12.4 Å². The van der Waals surface area contributed by atoms with Gasteiger partial charge in [-0.05, 0) is 31.0 Å². The molecule has 0 unspecified atom stereocenters. The molecular weight excluding hydrogens is 364 g/mol. The van der Waals surface area contributed by atoms with Crippen LogP contribution in [0.2, 0.25) is 0 Å². The van der Waals surface area contributed by atoms with Gasteiger partial charge in [-0.3, -0.25) is 9.69 Å². The number of hydrogen-bond acceptors (Lipinski definition) is 5. The van der Waals surface area contributed by atoms with E-state index in [9.17, 15) is 4.79 Å².